The Hall–Kier alpha value is -1.73. The largest absolute Gasteiger partial charge is 0.394 e. The first kappa shape index (κ1) is 44.3. The third-order valence-electron chi connectivity index (χ3n) is 8.45. The van der Waals surface area contributed by atoms with Crippen molar-refractivity contribution in [3.8, 4) is 0 Å². The van der Waals surface area contributed by atoms with Crippen molar-refractivity contribution in [1.82, 2.24) is 5.32 Å². The molecule has 0 aromatic heterocycles. The van der Waals surface area contributed by atoms with Crippen molar-refractivity contribution in [1.29, 1.82) is 0 Å². The molecular formula is C40H73NO5. The van der Waals surface area contributed by atoms with Crippen LogP contribution in [0, 0.1) is 0 Å². The molecule has 46 heavy (non-hydrogen) atoms. The van der Waals surface area contributed by atoms with Gasteiger partial charge in [0.1, 0.15) is 12.2 Å². The molecule has 0 aliphatic carbocycles. The summed E-state index contributed by atoms with van der Waals surface area (Å²) in [6, 6.07) is -1.01. The number of unbranched alkanes of at least 4 members (excludes halogenated alkanes) is 16. The third-order valence-corrected chi connectivity index (χ3v) is 8.45. The highest BCUT2D eigenvalue weighted by molar-refractivity contribution is 5.80. The monoisotopic (exact) mass is 648 g/mol. The Morgan fingerprint density at radius 3 is 1.46 bits per heavy atom. The highest BCUT2D eigenvalue weighted by Crippen LogP contribution is 2.13. The van der Waals surface area contributed by atoms with Crippen LogP contribution in [0.25, 0.3) is 0 Å². The summed E-state index contributed by atoms with van der Waals surface area (Å²) in [5.41, 5.74) is 0. The highest BCUT2D eigenvalue weighted by Gasteiger charge is 2.28. The first-order valence-corrected chi connectivity index (χ1v) is 19.0. The van der Waals surface area contributed by atoms with E-state index in [1.165, 1.54) is 64.2 Å². The summed E-state index contributed by atoms with van der Waals surface area (Å²) >= 11 is 0. The highest BCUT2D eigenvalue weighted by atomic mass is 16.3. The number of amides is 1. The Kier molecular flexibility index (Phi) is 33.3. The van der Waals surface area contributed by atoms with Crippen LogP contribution in [0.1, 0.15) is 168 Å². The van der Waals surface area contributed by atoms with Crippen molar-refractivity contribution in [3.05, 3.63) is 48.6 Å². The van der Waals surface area contributed by atoms with Gasteiger partial charge >= 0.3 is 0 Å². The fourth-order valence-electron chi connectivity index (χ4n) is 5.38. The molecule has 0 rings (SSSR count). The first-order valence-electron chi connectivity index (χ1n) is 19.0. The molecule has 0 saturated carbocycles. The average molecular weight is 648 g/mol. The van der Waals surface area contributed by atoms with Crippen LogP contribution in [-0.4, -0.2) is 57.3 Å². The molecule has 268 valence electrons. The minimum absolute atomic E-state index is 0.350. The summed E-state index contributed by atoms with van der Waals surface area (Å²) in [6.45, 7) is 3.93. The van der Waals surface area contributed by atoms with Crippen molar-refractivity contribution in [3.63, 3.8) is 0 Å². The van der Waals surface area contributed by atoms with E-state index in [2.05, 4.69) is 67.8 Å². The fourth-order valence-corrected chi connectivity index (χ4v) is 5.38. The number of allylic oxidation sites excluding steroid dienone is 8. The van der Waals surface area contributed by atoms with E-state index in [-0.39, 0.29) is 0 Å². The van der Waals surface area contributed by atoms with Gasteiger partial charge in [-0.15, -0.1) is 0 Å². The quantitative estimate of drug-likeness (QED) is 0.0360. The zero-order chi connectivity index (χ0) is 33.9. The van der Waals surface area contributed by atoms with Gasteiger partial charge in [-0.3, -0.25) is 4.79 Å². The van der Waals surface area contributed by atoms with E-state index in [1.54, 1.807) is 0 Å². The van der Waals surface area contributed by atoms with Crippen molar-refractivity contribution in [2.24, 2.45) is 0 Å². The van der Waals surface area contributed by atoms with Crippen LogP contribution in [0.2, 0.25) is 0 Å². The SMILES string of the molecule is CCC/C=C/CC/C=C/CC/C=C/CCCC(O)C(O)C(CO)NC(=O)C(O)CCCCCCCC/C=C\CCCCCCCC. The topological polar surface area (TPSA) is 110 Å². The number of aliphatic hydroxyl groups excluding tert-OH is 4. The Morgan fingerprint density at radius 2 is 0.957 bits per heavy atom. The second-order valence-corrected chi connectivity index (χ2v) is 12.9. The Bertz CT molecular complexity index is 778. The molecule has 0 saturated heterocycles. The van der Waals surface area contributed by atoms with Gasteiger partial charge in [0.2, 0.25) is 5.91 Å². The molecule has 0 bridgehead atoms. The molecular weight excluding hydrogens is 574 g/mol. The molecule has 4 unspecified atom stereocenters. The van der Waals surface area contributed by atoms with E-state index in [9.17, 15) is 25.2 Å². The number of carbonyl (C=O) groups excluding carboxylic acids is 1. The van der Waals surface area contributed by atoms with Gasteiger partial charge in [0.15, 0.2) is 0 Å². The zero-order valence-corrected chi connectivity index (χ0v) is 29.8. The lowest BCUT2D eigenvalue weighted by atomic mass is 10.00. The molecule has 0 fully saturated rings. The maximum absolute atomic E-state index is 12.4. The Balaban J connectivity index is 3.91. The number of aliphatic hydroxyl groups is 4. The lowest BCUT2D eigenvalue weighted by Gasteiger charge is -2.27. The Labute approximate surface area is 283 Å². The maximum atomic E-state index is 12.4. The van der Waals surface area contributed by atoms with Gasteiger partial charge in [-0.25, -0.2) is 0 Å². The smallest absolute Gasteiger partial charge is 0.249 e. The molecule has 6 nitrogen and oxygen atoms in total. The van der Waals surface area contributed by atoms with E-state index in [4.69, 9.17) is 0 Å². The predicted octanol–water partition coefficient (Wildman–Crippen LogP) is 9.17. The van der Waals surface area contributed by atoms with Crippen molar-refractivity contribution >= 4 is 5.91 Å². The number of nitrogens with one attached hydrogen (secondary N) is 1. The number of rotatable bonds is 33. The van der Waals surface area contributed by atoms with Crippen LogP contribution in [-0.2, 0) is 4.79 Å². The molecule has 0 aliphatic heterocycles. The van der Waals surface area contributed by atoms with Crippen molar-refractivity contribution < 1.29 is 25.2 Å². The summed E-state index contributed by atoms with van der Waals surface area (Å²) in [6.07, 6.45) is 39.8. The summed E-state index contributed by atoms with van der Waals surface area (Å²) in [7, 11) is 0. The second kappa shape index (κ2) is 34.6. The van der Waals surface area contributed by atoms with Crippen LogP contribution >= 0.6 is 0 Å². The summed E-state index contributed by atoms with van der Waals surface area (Å²) in [4.78, 5) is 12.4. The third kappa shape index (κ3) is 28.5. The number of hydrogen-bond donors (Lipinski definition) is 5. The van der Waals surface area contributed by atoms with Gasteiger partial charge < -0.3 is 25.7 Å². The van der Waals surface area contributed by atoms with Crippen LogP contribution in [0.4, 0.5) is 0 Å². The van der Waals surface area contributed by atoms with Crippen molar-refractivity contribution in [2.45, 2.75) is 192 Å². The average Bonchev–Trinajstić information content (AvgIpc) is 3.06. The molecule has 5 N–H and O–H groups in total. The molecule has 0 aromatic rings. The number of carbonyl (C=O) groups is 1. The van der Waals surface area contributed by atoms with Gasteiger partial charge in [0.25, 0.3) is 0 Å². The van der Waals surface area contributed by atoms with Gasteiger partial charge in [-0.2, -0.15) is 0 Å². The normalized spacial score (nSPS) is 15.0. The first-order chi connectivity index (χ1) is 22.5. The van der Waals surface area contributed by atoms with Crippen molar-refractivity contribution in [2.75, 3.05) is 6.61 Å². The molecule has 0 radical (unpaired) electrons. The predicted molar refractivity (Wildman–Crippen MR) is 196 cm³/mol. The Morgan fingerprint density at radius 1 is 0.522 bits per heavy atom. The summed E-state index contributed by atoms with van der Waals surface area (Å²) in [5, 5.41) is 43.4. The van der Waals surface area contributed by atoms with Crippen LogP contribution in [0.5, 0.6) is 0 Å². The molecule has 6 heteroatoms. The van der Waals surface area contributed by atoms with E-state index >= 15 is 0 Å². The molecule has 0 aliphatic rings. The van der Waals surface area contributed by atoms with E-state index in [1.807, 2.05) is 0 Å². The standard InChI is InChI=1S/C40H73NO5/c1-3-5-7-9-11-13-15-17-19-20-22-24-26-28-30-32-34-38(44)40(46)41-36(35-42)39(45)37(43)33-31-29-27-25-23-21-18-16-14-12-10-8-6-4-2/h8,10,16-19,25,27,36-39,42-45H,3-7,9,11-15,20-24,26,28-35H2,1-2H3,(H,41,46)/b10-8+,18-16+,19-17-,27-25+. The summed E-state index contributed by atoms with van der Waals surface area (Å²) < 4.78 is 0. The van der Waals surface area contributed by atoms with Gasteiger partial charge in [-0.05, 0) is 83.5 Å². The molecule has 0 aromatic carbocycles. The van der Waals surface area contributed by atoms with Crippen LogP contribution in [0.15, 0.2) is 48.6 Å². The molecule has 0 heterocycles. The van der Waals surface area contributed by atoms with Gasteiger partial charge in [0, 0.05) is 0 Å². The lowest BCUT2D eigenvalue weighted by molar-refractivity contribution is -0.132. The van der Waals surface area contributed by atoms with E-state index in [0.29, 0.717) is 19.3 Å². The maximum Gasteiger partial charge on any atom is 0.249 e. The van der Waals surface area contributed by atoms with Gasteiger partial charge in [-0.1, -0.05) is 133 Å². The molecule has 4 atom stereocenters. The van der Waals surface area contributed by atoms with E-state index < -0.39 is 36.9 Å². The molecule has 0 spiro atoms. The second-order valence-electron chi connectivity index (χ2n) is 12.9. The van der Waals surface area contributed by atoms with Crippen LogP contribution in [0.3, 0.4) is 0 Å². The minimum Gasteiger partial charge on any atom is -0.394 e. The minimum atomic E-state index is -1.29. The van der Waals surface area contributed by atoms with Crippen LogP contribution < -0.4 is 5.32 Å². The fraction of sp³-hybridized carbons (Fsp3) is 0.775. The summed E-state index contributed by atoms with van der Waals surface area (Å²) in [5.74, 6) is -0.608. The molecule has 1 amide bonds. The number of hydrogen-bond acceptors (Lipinski definition) is 5. The van der Waals surface area contributed by atoms with E-state index in [0.717, 1.165) is 70.6 Å². The lowest BCUT2D eigenvalue weighted by Crippen LogP contribution is -2.53. The zero-order valence-electron chi connectivity index (χ0n) is 29.8. The van der Waals surface area contributed by atoms with Gasteiger partial charge in [0.05, 0.1) is 18.8 Å².